The maximum absolute atomic E-state index is 12.4. The lowest BCUT2D eigenvalue weighted by Gasteiger charge is -2.22. The summed E-state index contributed by atoms with van der Waals surface area (Å²) < 4.78 is 1.05. The number of carbonyl (C=O) groups excluding carboxylic acids is 1. The van der Waals surface area contributed by atoms with Crippen LogP contribution in [0.4, 0.5) is 5.69 Å². The number of aliphatic hydroxyl groups is 1. The second kappa shape index (κ2) is 5.19. The SMILES string of the molecule is Cc1cccc2c(N)c(C(=O)N(C)C(C)CO)sc12. The van der Waals surface area contributed by atoms with Crippen LogP contribution in [0.2, 0.25) is 0 Å². The predicted octanol–water partition coefficient (Wildman–Crippen LogP) is 2.24. The van der Waals surface area contributed by atoms with Crippen molar-refractivity contribution >= 4 is 33.0 Å². The summed E-state index contributed by atoms with van der Waals surface area (Å²) >= 11 is 1.42. The molecule has 19 heavy (non-hydrogen) atoms. The minimum atomic E-state index is -0.224. The number of hydrogen-bond donors (Lipinski definition) is 2. The van der Waals surface area contributed by atoms with Gasteiger partial charge in [0.15, 0.2) is 0 Å². The van der Waals surface area contributed by atoms with Crippen LogP contribution in [-0.4, -0.2) is 35.6 Å². The molecule has 0 aliphatic rings. The Morgan fingerprint density at radius 3 is 2.79 bits per heavy atom. The van der Waals surface area contributed by atoms with E-state index in [1.165, 1.54) is 16.2 Å². The topological polar surface area (TPSA) is 66.6 Å². The Kier molecular flexibility index (Phi) is 3.78. The fourth-order valence-electron chi connectivity index (χ4n) is 1.92. The summed E-state index contributed by atoms with van der Waals surface area (Å²) in [5.41, 5.74) is 7.74. The number of aliphatic hydroxyl groups excluding tert-OH is 1. The van der Waals surface area contributed by atoms with Crippen LogP contribution in [0.5, 0.6) is 0 Å². The molecular formula is C14H18N2O2S. The molecule has 0 bridgehead atoms. The van der Waals surface area contributed by atoms with Gasteiger partial charge < -0.3 is 15.7 Å². The Morgan fingerprint density at radius 1 is 1.53 bits per heavy atom. The quantitative estimate of drug-likeness (QED) is 0.905. The molecule has 0 saturated carbocycles. The number of nitrogens with two attached hydrogens (primary N) is 1. The molecule has 1 aromatic carbocycles. The summed E-state index contributed by atoms with van der Waals surface area (Å²) in [6, 6.07) is 5.65. The number of rotatable bonds is 3. The number of amides is 1. The van der Waals surface area contributed by atoms with E-state index >= 15 is 0 Å². The molecule has 0 aliphatic carbocycles. The fraction of sp³-hybridized carbons (Fsp3) is 0.357. The van der Waals surface area contributed by atoms with E-state index in [4.69, 9.17) is 10.8 Å². The Labute approximate surface area is 116 Å². The lowest BCUT2D eigenvalue weighted by atomic mass is 10.1. The van der Waals surface area contributed by atoms with Gasteiger partial charge in [0, 0.05) is 17.1 Å². The van der Waals surface area contributed by atoms with Gasteiger partial charge in [-0.05, 0) is 19.4 Å². The van der Waals surface area contributed by atoms with Gasteiger partial charge in [-0.3, -0.25) is 4.79 Å². The maximum atomic E-state index is 12.4. The van der Waals surface area contributed by atoms with Crippen LogP contribution in [0.25, 0.3) is 10.1 Å². The van der Waals surface area contributed by atoms with Crippen molar-refractivity contribution in [3.05, 3.63) is 28.6 Å². The third-order valence-electron chi connectivity index (χ3n) is 3.39. The molecule has 0 radical (unpaired) electrons. The van der Waals surface area contributed by atoms with E-state index in [1.807, 2.05) is 25.1 Å². The zero-order chi connectivity index (χ0) is 14.2. The summed E-state index contributed by atoms with van der Waals surface area (Å²) in [6.45, 7) is 3.74. The van der Waals surface area contributed by atoms with E-state index in [0.29, 0.717) is 10.6 Å². The number of hydrogen-bond acceptors (Lipinski definition) is 4. The van der Waals surface area contributed by atoms with Gasteiger partial charge in [-0.25, -0.2) is 0 Å². The van der Waals surface area contributed by atoms with Gasteiger partial charge in [-0.2, -0.15) is 0 Å². The minimum absolute atomic E-state index is 0.0634. The molecule has 5 heteroatoms. The first-order chi connectivity index (χ1) is 8.97. The smallest absolute Gasteiger partial charge is 0.266 e. The molecule has 2 aromatic rings. The van der Waals surface area contributed by atoms with E-state index in [2.05, 4.69) is 0 Å². The second-order valence-corrected chi connectivity index (χ2v) is 5.76. The molecule has 0 fully saturated rings. The normalized spacial score (nSPS) is 12.6. The van der Waals surface area contributed by atoms with Crippen molar-refractivity contribution < 1.29 is 9.90 Å². The average molecular weight is 278 g/mol. The second-order valence-electron chi connectivity index (χ2n) is 4.74. The molecule has 102 valence electrons. The van der Waals surface area contributed by atoms with Crippen molar-refractivity contribution in [3.8, 4) is 0 Å². The van der Waals surface area contributed by atoms with Gasteiger partial charge in [0.25, 0.3) is 5.91 Å². The first-order valence-corrected chi connectivity index (χ1v) is 6.94. The van der Waals surface area contributed by atoms with E-state index in [-0.39, 0.29) is 18.6 Å². The molecule has 2 rings (SSSR count). The van der Waals surface area contributed by atoms with Crippen molar-refractivity contribution in [3.63, 3.8) is 0 Å². The first kappa shape index (κ1) is 13.8. The lowest BCUT2D eigenvalue weighted by molar-refractivity contribution is 0.0688. The number of carbonyl (C=O) groups is 1. The minimum Gasteiger partial charge on any atom is -0.397 e. The Hall–Kier alpha value is -1.59. The van der Waals surface area contributed by atoms with Gasteiger partial charge in [0.1, 0.15) is 4.88 Å². The Morgan fingerprint density at radius 2 is 2.21 bits per heavy atom. The largest absolute Gasteiger partial charge is 0.397 e. The standard InChI is InChI=1S/C14H18N2O2S/c1-8-5-4-6-10-11(15)13(19-12(8)10)14(18)16(3)9(2)7-17/h4-6,9,17H,7,15H2,1-3H3. The van der Waals surface area contributed by atoms with Crippen molar-refractivity contribution in [2.24, 2.45) is 0 Å². The summed E-state index contributed by atoms with van der Waals surface area (Å²) in [7, 11) is 1.68. The highest BCUT2D eigenvalue weighted by molar-refractivity contribution is 7.21. The van der Waals surface area contributed by atoms with Crippen LogP contribution in [0.3, 0.4) is 0 Å². The van der Waals surface area contributed by atoms with Gasteiger partial charge in [0.2, 0.25) is 0 Å². The maximum Gasteiger partial charge on any atom is 0.266 e. The van der Waals surface area contributed by atoms with Crippen LogP contribution in [0.15, 0.2) is 18.2 Å². The monoisotopic (exact) mass is 278 g/mol. The molecule has 0 saturated heterocycles. The molecule has 1 heterocycles. The van der Waals surface area contributed by atoms with Crippen molar-refractivity contribution in [1.29, 1.82) is 0 Å². The zero-order valence-electron chi connectivity index (χ0n) is 11.3. The number of anilines is 1. The van der Waals surface area contributed by atoms with Gasteiger partial charge in [0.05, 0.1) is 18.3 Å². The highest BCUT2D eigenvalue weighted by Crippen LogP contribution is 2.36. The average Bonchev–Trinajstić information content (AvgIpc) is 2.75. The van der Waals surface area contributed by atoms with Crippen molar-refractivity contribution in [1.82, 2.24) is 4.90 Å². The Balaban J connectivity index is 2.49. The number of thiophene rings is 1. The number of aryl methyl sites for hydroxylation is 1. The van der Waals surface area contributed by atoms with E-state index in [0.717, 1.165) is 15.6 Å². The first-order valence-electron chi connectivity index (χ1n) is 6.13. The number of benzene rings is 1. The van der Waals surface area contributed by atoms with Crippen LogP contribution in [-0.2, 0) is 0 Å². The van der Waals surface area contributed by atoms with Crippen molar-refractivity contribution in [2.45, 2.75) is 19.9 Å². The number of nitrogen functional groups attached to an aromatic ring is 1. The molecule has 0 spiro atoms. The summed E-state index contributed by atoms with van der Waals surface area (Å²) in [4.78, 5) is 14.5. The molecule has 4 nitrogen and oxygen atoms in total. The van der Waals surface area contributed by atoms with Crippen LogP contribution >= 0.6 is 11.3 Å². The highest BCUT2D eigenvalue weighted by Gasteiger charge is 2.22. The summed E-state index contributed by atoms with van der Waals surface area (Å²) in [5, 5.41) is 10.1. The molecule has 1 amide bonds. The molecule has 0 aliphatic heterocycles. The molecule has 3 N–H and O–H groups in total. The van der Waals surface area contributed by atoms with Gasteiger partial charge in [-0.1, -0.05) is 18.2 Å². The van der Waals surface area contributed by atoms with E-state index in [1.54, 1.807) is 14.0 Å². The molecule has 1 aromatic heterocycles. The highest BCUT2D eigenvalue weighted by atomic mass is 32.1. The van der Waals surface area contributed by atoms with Gasteiger partial charge >= 0.3 is 0 Å². The van der Waals surface area contributed by atoms with Crippen LogP contribution in [0.1, 0.15) is 22.2 Å². The predicted molar refractivity (Wildman–Crippen MR) is 79.6 cm³/mol. The third kappa shape index (κ3) is 2.31. The number of nitrogens with zero attached hydrogens (tertiary/aromatic N) is 1. The number of likely N-dealkylation sites (N-methyl/N-ethyl adjacent to an activating group) is 1. The molecular weight excluding hydrogens is 260 g/mol. The summed E-state index contributed by atoms with van der Waals surface area (Å²) in [6.07, 6.45) is 0. The van der Waals surface area contributed by atoms with Crippen LogP contribution in [0, 0.1) is 6.92 Å². The van der Waals surface area contributed by atoms with Crippen molar-refractivity contribution in [2.75, 3.05) is 19.4 Å². The summed E-state index contributed by atoms with van der Waals surface area (Å²) in [5.74, 6) is -0.139. The number of fused-ring (bicyclic) bond motifs is 1. The van der Waals surface area contributed by atoms with Gasteiger partial charge in [-0.15, -0.1) is 11.3 Å². The Bertz CT molecular complexity index is 621. The van der Waals surface area contributed by atoms with E-state index < -0.39 is 0 Å². The zero-order valence-corrected chi connectivity index (χ0v) is 12.1. The lowest BCUT2D eigenvalue weighted by Crippen LogP contribution is -2.37. The van der Waals surface area contributed by atoms with Crippen LogP contribution < -0.4 is 5.73 Å². The third-order valence-corrected chi connectivity index (χ3v) is 4.74. The van der Waals surface area contributed by atoms with E-state index in [9.17, 15) is 4.79 Å². The molecule has 1 unspecified atom stereocenters. The fourth-order valence-corrected chi connectivity index (χ4v) is 3.09. The molecule has 1 atom stereocenters.